The van der Waals surface area contributed by atoms with Gasteiger partial charge in [-0.05, 0) is 26.7 Å². The normalized spacial score (nSPS) is 17.0. The lowest BCUT2D eigenvalue weighted by Crippen LogP contribution is -2.41. The molecule has 28 heavy (non-hydrogen) atoms. The molecule has 1 amide bonds. The molecule has 3 rings (SSSR count). The molecule has 1 aliphatic rings. The van der Waals surface area contributed by atoms with Crippen LogP contribution in [0, 0.1) is 19.8 Å². The zero-order valence-electron chi connectivity index (χ0n) is 14.9. The minimum absolute atomic E-state index is 0.0100. The first kappa shape index (κ1) is 20.3. The molecule has 3 heterocycles. The topological polar surface area (TPSA) is 134 Å². The van der Waals surface area contributed by atoms with Gasteiger partial charge in [-0.3, -0.25) is 15.2 Å². The fourth-order valence-electron chi connectivity index (χ4n) is 2.99. The molecule has 0 saturated carbocycles. The van der Waals surface area contributed by atoms with Crippen molar-refractivity contribution < 1.29 is 30.9 Å². The van der Waals surface area contributed by atoms with Crippen molar-refractivity contribution in [1.82, 2.24) is 24.6 Å². The molecule has 1 saturated heterocycles. The number of aromatic amines is 1. The van der Waals surface area contributed by atoms with Crippen LogP contribution < -0.4 is 5.32 Å². The summed E-state index contributed by atoms with van der Waals surface area (Å²) in [6, 6.07) is 0. The van der Waals surface area contributed by atoms with Crippen LogP contribution in [0.2, 0.25) is 0 Å². The number of hydrogen-bond donors (Lipinski definition) is 2. The Hall–Kier alpha value is -2.48. The van der Waals surface area contributed by atoms with Crippen LogP contribution in [-0.2, 0) is 21.0 Å². The van der Waals surface area contributed by atoms with Crippen molar-refractivity contribution in [1.29, 1.82) is 0 Å². The number of H-pyrrole nitrogens is 1. The Morgan fingerprint density at radius 3 is 2.43 bits per heavy atom. The molecule has 154 valence electrons. The average molecular weight is 422 g/mol. The fourth-order valence-corrected chi connectivity index (χ4v) is 4.75. The Labute approximate surface area is 157 Å². The first-order chi connectivity index (χ1) is 13.0. The van der Waals surface area contributed by atoms with Gasteiger partial charge in [-0.15, -0.1) is 5.10 Å². The zero-order chi connectivity index (χ0) is 20.7. The number of alkyl halides is 3. The number of piperidine rings is 1. The van der Waals surface area contributed by atoms with Gasteiger partial charge >= 0.3 is 6.18 Å². The summed E-state index contributed by atoms with van der Waals surface area (Å²) in [6.07, 6.45) is -4.30. The van der Waals surface area contributed by atoms with Crippen molar-refractivity contribution in [3.8, 4) is 0 Å². The molecule has 0 atom stereocenters. The third-order valence-electron chi connectivity index (χ3n) is 4.38. The van der Waals surface area contributed by atoms with Crippen molar-refractivity contribution in [3.63, 3.8) is 0 Å². The van der Waals surface area contributed by atoms with Crippen LogP contribution in [0.5, 0.6) is 0 Å². The van der Waals surface area contributed by atoms with Crippen molar-refractivity contribution in [2.45, 2.75) is 37.8 Å². The fraction of sp³-hybridized carbons (Fsp3) is 0.571. The van der Waals surface area contributed by atoms with E-state index in [2.05, 4.69) is 20.6 Å². The van der Waals surface area contributed by atoms with E-state index < -0.39 is 39.8 Å². The van der Waals surface area contributed by atoms with E-state index in [1.807, 2.05) is 0 Å². The lowest BCUT2D eigenvalue weighted by Gasteiger charge is -2.30. The van der Waals surface area contributed by atoms with Crippen molar-refractivity contribution in [2.24, 2.45) is 5.92 Å². The summed E-state index contributed by atoms with van der Waals surface area (Å²) in [5, 5.41) is 10.9. The molecule has 0 unspecified atom stereocenters. The second kappa shape index (κ2) is 7.16. The zero-order valence-corrected chi connectivity index (χ0v) is 15.7. The van der Waals surface area contributed by atoms with Gasteiger partial charge in [0.1, 0.15) is 10.6 Å². The van der Waals surface area contributed by atoms with Crippen LogP contribution in [-0.4, -0.2) is 52.1 Å². The summed E-state index contributed by atoms with van der Waals surface area (Å²) in [6.45, 7) is 3.17. The van der Waals surface area contributed by atoms with Crippen LogP contribution in [0.1, 0.15) is 30.1 Å². The Bertz CT molecular complexity index is 956. The Morgan fingerprint density at radius 1 is 1.29 bits per heavy atom. The maximum atomic E-state index is 12.7. The lowest BCUT2D eigenvalue weighted by atomic mass is 9.97. The summed E-state index contributed by atoms with van der Waals surface area (Å²) >= 11 is 0. The van der Waals surface area contributed by atoms with Gasteiger partial charge in [0.2, 0.25) is 27.7 Å². The number of aromatic nitrogens is 4. The maximum absolute atomic E-state index is 12.7. The highest BCUT2D eigenvalue weighted by atomic mass is 32.2. The van der Waals surface area contributed by atoms with Gasteiger partial charge in [-0.25, -0.2) is 8.42 Å². The molecule has 0 radical (unpaired) electrons. The van der Waals surface area contributed by atoms with Crippen LogP contribution >= 0.6 is 0 Å². The number of carbonyl (C=O) groups excluding carboxylic acids is 1. The number of aryl methyl sites for hydroxylation is 2. The molecule has 0 spiro atoms. The third kappa shape index (κ3) is 3.87. The molecule has 2 N–H and O–H groups in total. The smallest absolute Gasteiger partial charge is 0.360 e. The first-order valence-electron chi connectivity index (χ1n) is 8.23. The Morgan fingerprint density at radius 2 is 1.93 bits per heavy atom. The average Bonchev–Trinajstić information content (AvgIpc) is 3.21. The van der Waals surface area contributed by atoms with Crippen LogP contribution in [0.4, 0.5) is 19.1 Å². The van der Waals surface area contributed by atoms with E-state index in [4.69, 9.17) is 4.52 Å². The molecule has 10 nitrogen and oxygen atoms in total. The quantitative estimate of drug-likeness (QED) is 0.762. The molecule has 2 aromatic heterocycles. The number of sulfonamides is 1. The van der Waals surface area contributed by atoms with Gasteiger partial charge in [-0.2, -0.15) is 22.5 Å². The minimum Gasteiger partial charge on any atom is -0.360 e. The second-order valence-corrected chi connectivity index (χ2v) is 8.20. The lowest BCUT2D eigenvalue weighted by molar-refractivity contribution is -0.144. The number of amides is 1. The van der Waals surface area contributed by atoms with Crippen LogP contribution in [0.25, 0.3) is 0 Å². The maximum Gasteiger partial charge on any atom is 0.451 e. The highest BCUT2D eigenvalue weighted by molar-refractivity contribution is 7.89. The van der Waals surface area contributed by atoms with Gasteiger partial charge in [0.25, 0.3) is 0 Å². The van der Waals surface area contributed by atoms with Crippen molar-refractivity contribution >= 4 is 21.9 Å². The SMILES string of the molecule is Cc1noc(C)c1S(=O)(=O)N1CCC(C(=O)Nc2n[nH]c(C(F)(F)F)n2)CC1. The minimum atomic E-state index is -4.70. The molecule has 14 heteroatoms. The predicted octanol–water partition coefficient (Wildman–Crippen LogP) is 1.47. The standard InChI is InChI=1S/C14H17F3N6O4S/c1-7-10(8(2)27-22-7)28(25,26)23-5-3-9(4-6-23)11(24)18-13-19-12(20-21-13)14(15,16)17/h9H,3-6H2,1-2H3,(H2,18,19,20,21,24). The van der Waals surface area contributed by atoms with Crippen molar-refractivity contribution in [3.05, 3.63) is 17.3 Å². The molecule has 0 bridgehead atoms. The number of carbonyl (C=O) groups is 1. The molecule has 0 aromatic carbocycles. The monoisotopic (exact) mass is 422 g/mol. The van der Waals surface area contributed by atoms with Gasteiger partial charge in [-0.1, -0.05) is 5.16 Å². The third-order valence-corrected chi connectivity index (χ3v) is 6.52. The number of hydrogen-bond acceptors (Lipinski definition) is 7. The molecular formula is C14H17F3N6O4S. The second-order valence-electron chi connectivity index (χ2n) is 6.33. The number of halogens is 3. The first-order valence-corrected chi connectivity index (χ1v) is 9.67. The molecular weight excluding hydrogens is 405 g/mol. The van der Waals surface area contributed by atoms with E-state index in [1.165, 1.54) is 18.2 Å². The number of anilines is 1. The largest absolute Gasteiger partial charge is 0.451 e. The van der Waals surface area contributed by atoms with E-state index >= 15 is 0 Å². The number of nitrogens with one attached hydrogen (secondary N) is 2. The summed E-state index contributed by atoms with van der Waals surface area (Å²) in [5.74, 6) is -2.76. The van der Waals surface area contributed by atoms with E-state index in [0.29, 0.717) is 0 Å². The van der Waals surface area contributed by atoms with E-state index in [0.717, 1.165) is 0 Å². The van der Waals surface area contributed by atoms with Gasteiger partial charge < -0.3 is 4.52 Å². The summed E-state index contributed by atoms with van der Waals surface area (Å²) in [5.41, 5.74) is 0.252. The summed E-state index contributed by atoms with van der Waals surface area (Å²) < 4.78 is 69.1. The highest BCUT2D eigenvalue weighted by Gasteiger charge is 2.37. The predicted molar refractivity (Wildman–Crippen MR) is 87.5 cm³/mol. The summed E-state index contributed by atoms with van der Waals surface area (Å²) in [7, 11) is -3.81. The van der Waals surface area contributed by atoms with Gasteiger partial charge in [0.15, 0.2) is 5.76 Å². The number of nitrogens with zero attached hydrogens (tertiary/aromatic N) is 4. The molecule has 2 aromatic rings. The van der Waals surface area contributed by atoms with E-state index in [-0.39, 0.29) is 42.3 Å². The Balaban J connectivity index is 1.62. The van der Waals surface area contributed by atoms with Crippen molar-refractivity contribution in [2.75, 3.05) is 18.4 Å². The van der Waals surface area contributed by atoms with Gasteiger partial charge in [0, 0.05) is 19.0 Å². The molecule has 1 fully saturated rings. The van der Waals surface area contributed by atoms with Gasteiger partial charge in [0.05, 0.1) is 0 Å². The Kier molecular flexibility index (Phi) is 5.18. The molecule has 0 aliphatic carbocycles. The summed E-state index contributed by atoms with van der Waals surface area (Å²) in [4.78, 5) is 15.4. The van der Waals surface area contributed by atoms with Crippen LogP contribution in [0.15, 0.2) is 9.42 Å². The van der Waals surface area contributed by atoms with E-state index in [1.54, 1.807) is 5.10 Å². The molecule has 1 aliphatic heterocycles. The number of rotatable bonds is 4. The van der Waals surface area contributed by atoms with E-state index in [9.17, 15) is 26.4 Å². The highest BCUT2D eigenvalue weighted by Crippen LogP contribution is 2.29. The van der Waals surface area contributed by atoms with Crippen LogP contribution in [0.3, 0.4) is 0 Å².